The molecule has 0 saturated carbocycles. The number of hydrogen-bond donors (Lipinski definition) is 1. The van der Waals surface area contributed by atoms with Crippen LogP contribution < -0.4 is 5.32 Å². The largest absolute Gasteiger partial charge is 0.361 e. The average Bonchev–Trinajstić information content (AvgIpc) is 2.92. The van der Waals surface area contributed by atoms with Gasteiger partial charge in [0.1, 0.15) is 6.17 Å². The van der Waals surface area contributed by atoms with Gasteiger partial charge in [-0.15, -0.1) is 0 Å². The molecule has 0 aromatic heterocycles. The van der Waals surface area contributed by atoms with Crippen molar-refractivity contribution >= 4 is 23.2 Å². The summed E-state index contributed by atoms with van der Waals surface area (Å²) in [5, 5.41) is 4.25. The number of nitrogens with one attached hydrogen (secondary N) is 1. The second-order valence-electron chi connectivity index (χ2n) is 6.98. The van der Waals surface area contributed by atoms with Crippen LogP contribution in [0.5, 0.6) is 0 Å². The van der Waals surface area contributed by atoms with E-state index in [4.69, 9.17) is 11.6 Å². The highest BCUT2D eigenvalue weighted by atomic mass is 35.5. The van der Waals surface area contributed by atoms with Gasteiger partial charge in [0.05, 0.1) is 0 Å². The molecule has 1 amide bonds. The zero-order valence-corrected chi connectivity index (χ0v) is 16.1. The molecular formula is C23H21ClN2O. The lowest BCUT2D eigenvalue weighted by Crippen LogP contribution is -2.32. The molecule has 0 saturated heterocycles. The number of halogens is 1. The summed E-state index contributed by atoms with van der Waals surface area (Å²) in [4.78, 5) is 14.9. The Bertz CT molecular complexity index is 1010. The minimum absolute atomic E-state index is 0.0211. The topological polar surface area (TPSA) is 32.3 Å². The first-order valence-electron chi connectivity index (χ1n) is 9.01. The zero-order valence-electron chi connectivity index (χ0n) is 15.4. The maximum absolute atomic E-state index is 13.1. The summed E-state index contributed by atoms with van der Waals surface area (Å²) < 4.78 is 0. The number of carbonyl (C=O) groups is 1. The van der Waals surface area contributed by atoms with Gasteiger partial charge in [-0.3, -0.25) is 4.79 Å². The molecule has 27 heavy (non-hydrogen) atoms. The molecule has 1 aliphatic heterocycles. The molecule has 3 aromatic rings. The van der Waals surface area contributed by atoms with Gasteiger partial charge < -0.3 is 10.2 Å². The number of aryl methyl sites for hydroxylation is 2. The van der Waals surface area contributed by atoms with Crippen LogP contribution in [0.15, 0.2) is 66.7 Å². The van der Waals surface area contributed by atoms with Crippen molar-refractivity contribution in [1.29, 1.82) is 0 Å². The first kappa shape index (κ1) is 17.6. The van der Waals surface area contributed by atoms with E-state index >= 15 is 0 Å². The van der Waals surface area contributed by atoms with E-state index in [0.29, 0.717) is 11.6 Å². The maximum atomic E-state index is 13.1. The SMILES string of the molecule is Cc1ccc(NC2c3ccccc3C(=O)N2Cc2ccccc2Cl)c(C)c1. The number of fused-ring (bicyclic) bond motifs is 1. The smallest absolute Gasteiger partial charge is 0.256 e. The molecule has 1 N–H and O–H groups in total. The first-order valence-corrected chi connectivity index (χ1v) is 9.39. The summed E-state index contributed by atoms with van der Waals surface area (Å²) in [6.45, 7) is 4.61. The molecule has 4 heteroatoms. The Morgan fingerprint density at radius 3 is 2.52 bits per heavy atom. The van der Waals surface area contributed by atoms with E-state index in [2.05, 4.69) is 37.4 Å². The van der Waals surface area contributed by atoms with E-state index in [1.807, 2.05) is 53.4 Å². The van der Waals surface area contributed by atoms with Gasteiger partial charge in [0, 0.05) is 28.4 Å². The number of carbonyl (C=O) groups excluding carboxylic acids is 1. The van der Waals surface area contributed by atoms with Crippen molar-refractivity contribution in [2.24, 2.45) is 0 Å². The molecule has 0 spiro atoms. The molecule has 1 heterocycles. The van der Waals surface area contributed by atoms with Crippen molar-refractivity contribution in [3.63, 3.8) is 0 Å². The van der Waals surface area contributed by atoms with Gasteiger partial charge in [-0.2, -0.15) is 0 Å². The van der Waals surface area contributed by atoms with E-state index in [-0.39, 0.29) is 12.1 Å². The highest BCUT2D eigenvalue weighted by molar-refractivity contribution is 6.31. The molecule has 136 valence electrons. The molecule has 4 rings (SSSR count). The van der Waals surface area contributed by atoms with E-state index in [9.17, 15) is 4.79 Å². The molecule has 1 unspecified atom stereocenters. The van der Waals surface area contributed by atoms with Crippen LogP contribution in [-0.2, 0) is 6.54 Å². The summed E-state index contributed by atoms with van der Waals surface area (Å²) in [5.41, 5.74) is 6.08. The maximum Gasteiger partial charge on any atom is 0.256 e. The molecule has 0 bridgehead atoms. The quantitative estimate of drug-likeness (QED) is 0.631. The first-order chi connectivity index (χ1) is 13.0. The predicted octanol–water partition coefficient (Wildman–Crippen LogP) is 5.72. The van der Waals surface area contributed by atoms with Gasteiger partial charge in [0.25, 0.3) is 5.91 Å². The van der Waals surface area contributed by atoms with Crippen molar-refractivity contribution < 1.29 is 4.79 Å². The van der Waals surface area contributed by atoms with Crippen molar-refractivity contribution in [2.45, 2.75) is 26.6 Å². The van der Waals surface area contributed by atoms with Crippen molar-refractivity contribution in [3.05, 3.63) is 99.6 Å². The van der Waals surface area contributed by atoms with E-state index in [1.54, 1.807) is 0 Å². The van der Waals surface area contributed by atoms with Crippen molar-refractivity contribution in [1.82, 2.24) is 4.90 Å². The van der Waals surface area contributed by atoms with Crippen LogP contribution >= 0.6 is 11.6 Å². The summed E-state index contributed by atoms with van der Waals surface area (Å²) in [6.07, 6.45) is -0.230. The number of rotatable bonds is 4. The highest BCUT2D eigenvalue weighted by Gasteiger charge is 2.36. The fraction of sp³-hybridized carbons (Fsp3) is 0.174. The minimum Gasteiger partial charge on any atom is -0.361 e. The Balaban J connectivity index is 1.72. The van der Waals surface area contributed by atoms with Crippen LogP contribution in [0.1, 0.15) is 38.8 Å². The molecule has 1 aliphatic rings. The standard InChI is InChI=1S/C23H21ClN2O/c1-15-11-12-21(16(2)13-15)25-22-18-8-4-5-9-19(18)23(27)26(22)14-17-7-3-6-10-20(17)24/h3-13,22,25H,14H2,1-2H3. The Morgan fingerprint density at radius 1 is 1.00 bits per heavy atom. The number of nitrogens with zero attached hydrogens (tertiary/aromatic N) is 1. The molecule has 0 aliphatic carbocycles. The van der Waals surface area contributed by atoms with Gasteiger partial charge in [-0.25, -0.2) is 0 Å². The second kappa shape index (κ2) is 7.09. The molecular weight excluding hydrogens is 356 g/mol. The number of benzene rings is 3. The monoisotopic (exact) mass is 376 g/mol. The number of anilines is 1. The molecule has 0 radical (unpaired) electrons. The van der Waals surface area contributed by atoms with Crippen LogP contribution in [0.2, 0.25) is 5.02 Å². The van der Waals surface area contributed by atoms with Crippen LogP contribution in [0.3, 0.4) is 0 Å². The third-order valence-electron chi connectivity index (χ3n) is 5.03. The summed E-state index contributed by atoms with van der Waals surface area (Å²) in [6, 6.07) is 21.8. The fourth-order valence-electron chi connectivity index (χ4n) is 3.62. The second-order valence-corrected chi connectivity index (χ2v) is 7.38. The Morgan fingerprint density at radius 2 is 1.74 bits per heavy atom. The van der Waals surface area contributed by atoms with E-state index < -0.39 is 0 Å². The molecule has 1 atom stereocenters. The van der Waals surface area contributed by atoms with Crippen LogP contribution in [0.4, 0.5) is 5.69 Å². The lowest BCUT2D eigenvalue weighted by molar-refractivity contribution is 0.0729. The minimum atomic E-state index is -0.230. The van der Waals surface area contributed by atoms with Crippen molar-refractivity contribution in [2.75, 3.05) is 5.32 Å². The summed E-state index contributed by atoms with van der Waals surface area (Å²) in [7, 11) is 0. The van der Waals surface area contributed by atoms with Gasteiger partial charge >= 0.3 is 0 Å². The van der Waals surface area contributed by atoms with Crippen LogP contribution in [0, 0.1) is 13.8 Å². The molecule has 0 fully saturated rings. The van der Waals surface area contributed by atoms with Crippen LogP contribution in [-0.4, -0.2) is 10.8 Å². The third kappa shape index (κ3) is 3.31. The van der Waals surface area contributed by atoms with Crippen molar-refractivity contribution in [3.8, 4) is 0 Å². The lowest BCUT2D eigenvalue weighted by Gasteiger charge is -2.28. The van der Waals surface area contributed by atoms with Crippen LogP contribution in [0.25, 0.3) is 0 Å². The zero-order chi connectivity index (χ0) is 19.0. The Labute approximate surface area is 164 Å². The lowest BCUT2D eigenvalue weighted by atomic mass is 10.1. The summed E-state index contributed by atoms with van der Waals surface area (Å²) in [5.74, 6) is 0.0211. The average molecular weight is 377 g/mol. The summed E-state index contributed by atoms with van der Waals surface area (Å²) >= 11 is 6.35. The Kier molecular flexibility index (Phi) is 4.63. The van der Waals surface area contributed by atoms with E-state index in [1.165, 1.54) is 5.56 Å². The predicted molar refractivity (Wildman–Crippen MR) is 110 cm³/mol. The molecule has 3 nitrogen and oxygen atoms in total. The van der Waals surface area contributed by atoms with Gasteiger partial charge in [0.15, 0.2) is 0 Å². The fourth-order valence-corrected chi connectivity index (χ4v) is 3.82. The third-order valence-corrected chi connectivity index (χ3v) is 5.40. The van der Waals surface area contributed by atoms with E-state index in [0.717, 1.165) is 27.9 Å². The molecule has 3 aromatic carbocycles. The van der Waals surface area contributed by atoms with Gasteiger partial charge in [-0.05, 0) is 43.2 Å². The highest BCUT2D eigenvalue weighted by Crippen LogP contribution is 2.37. The Hall–Kier alpha value is -2.78. The van der Waals surface area contributed by atoms with Gasteiger partial charge in [0.2, 0.25) is 0 Å². The number of hydrogen-bond acceptors (Lipinski definition) is 2. The van der Waals surface area contributed by atoms with Gasteiger partial charge in [-0.1, -0.05) is 65.7 Å². The normalized spacial score (nSPS) is 15.7. The number of amides is 1.